The van der Waals surface area contributed by atoms with Crippen LogP contribution in [0, 0.1) is 6.92 Å². The standard InChI is InChI=1S/C24H25N5O3/c1-17-6-5-11-28-15-19(26-22(17)28)24(18-7-3-2-4-8-18)9-12-27(13-10-24)21(31)16-29-20(30)14-25-23(29)32/h2-8,11,15H,9-10,12-14,16H2,1H3,(H,25,32). The quantitative estimate of drug-likeness (QED) is 0.641. The summed E-state index contributed by atoms with van der Waals surface area (Å²) in [6.07, 6.45) is 5.53. The fourth-order valence-corrected chi connectivity index (χ4v) is 4.82. The van der Waals surface area contributed by atoms with Crippen LogP contribution < -0.4 is 5.32 Å². The summed E-state index contributed by atoms with van der Waals surface area (Å²) in [7, 11) is 0. The van der Waals surface area contributed by atoms with Crippen molar-refractivity contribution in [2.24, 2.45) is 0 Å². The van der Waals surface area contributed by atoms with E-state index < -0.39 is 6.03 Å². The maximum Gasteiger partial charge on any atom is 0.325 e. The van der Waals surface area contributed by atoms with Crippen LogP contribution in [-0.4, -0.2) is 63.2 Å². The molecule has 3 aromatic rings. The molecule has 2 saturated heterocycles. The van der Waals surface area contributed by atoms with Gasteiger partial charge in [0.25, 0.3) is 5.91 Å². The molecule has 0 spiro atoms. The monoisotopic (exact) mass is 431 g/mol. The molecule has 32 heavy (non-hydrogen) atoms. The number of hydrogen-bond donors (Lipinski definition) is 1. The van der Waals surface area contributed by atoms with E-state index in [0.717, 1.165) is 21.8 Å². The zero-order valence-corrected chi connectivity index (χ0v) is 18.0. The highest BCUT2D eigenvalue weighted by molar-refractivity contribution is 6.04. The van der Waals surface area contributed by atoms with Crippen molar-refractivity contribution in [3.8, 4) is 0 Å². The van der Waals surface area contributed by atoms with E-state index in [2.05, 4.69) is 41.0 Å². The molecule has 0 bridgehead atoms. The smallest absolute Gasteiger partial charge is 0.325 e. The topological polar surface area (TPSA) is 87.0 Å². The second kappa shape index (κ2) is 7.78. The minimum Gasteiger partial charge on any atom is -0.341 e. The second-order valence-electron chi connectivity index (χ2n) is 8.52. The van der Waals surface area contributed by atoms with Crippen LogP contribution in [0.4, 0.5) is 4.79 Å². The van der Waals surface area contributed by atoms with Gasteiger partial charge >= 0.3 is 6.03 Å². The summed E-state index contributed by atoms with van der Waals surface area (Å²) in [6.45, 7) is 2.86. The first-order valence-electron chi connectivity index (χ1n) is 10.8. The Kier molecular flexibility index (Phi) is 4.92. The number of nitrogens with zero attached hydrogens (tertiary/aromatic N) is 4. The second-order valence-corrected chi connectivity index (χ2v) is 8.52. The molecule has 1 aromatic carbocycles. The predicted octanol–water partition coefficient (Wildman–Crippen LogP) is 2.10. The van der Waals surface area contributed by atoms with Crippen LogP contribution >= 0.6 is 0 Å². The maximum absolute atomic E-state index is 12.8. The fraction of sp³-hybridized carbons (Fsp3) is 0.333. The molecule has 0 aliphatic carbocycles. The summed E-state index contributed by atoms with van der Waals surface area (Å²) in [6, 6.07) is 13.9. The van der Waals surface area contributed by atoms with E-state index in [-0.39, 0.29) is 30.3 Å². The first-order chi connectivity index (χ1) is 15.5. The Bertz CT molecular complexity index is 1180. The Balaban J connectivity index is 1.42. The van der Waals surface area contributed by atoms with Crippen LogP contribution in [0.3, 0.4) is 0 Å². The van der Waals surface area contributed by atoms with Gasteiger partial charge in [-0.15, -0.1) is 0 Å². The highest BCUT2D eigenvalue weighted by Gasteiger charge is 2.41. The molecular formula is C24H25N5O3. The van der Waals surface area contributed by atoms with Gasteiger partial charge < -0.3 is 14.6 Å². The first-order valence-corrected chi connectivity index (χ1v) is 10.8. The SMILES string of the molecule is Cc1cccn2cc(C3(c4ccccc4)CCN(C(=O)CN4C(=O)CNC4=O)CC3)nc12. The van der Waals surface area contributed by atoms with Gasteiger partial charge in [-0.2, -0.15) is 0 Å². The number of nitrogens with one attached hydrogen (secondary N) is 1. The van der Waals surface area contributed by atoms with Gasteiger partial charge in [0, 0.05) is 30.9 Å². The summed E-state index contributed by atoms with van der Waals surface area (Å²) in [5.41, 5.74) is 3.93. The molecule has 4 heterocycles. The van der Waals surface area contributed by atoms with Crippen LogP contribution in [0.5, 0.6) is 0 Å². The van der Waals surface area contributed by atoms with Crippen molar-refractivity contribution in [2.75, 3.05) is 26.2 Å². The molecule has 0 unspecified atom stereocenters. The molecule has 0 radical (unpaired) electrons. The molecule has 2 aliphatic rings. The minimum absolute atomic E-state index is 0.0451. The number of fused-ring (bicyclic) bond motifs is 1. The van der Waals surface area contributed by atoms with Crippen molar-refractivity contribution in [1.29, 1.82) is 0 Å². The fourth-order valence-electron chi connectivity index (χ4n) is 4.82. The number of carbonyl (C=O) groups excluding carboxylic acids is 3. The van der Waals surface area contributed by atoms with Gasteiger partial charge in [0.05, 0.1) is 12.2 Å². The third kappa shape index (κ3) is 3.32. The average molecular weight is 431 g/mol. The highest BCUT2D eigenvalue weighted by Crippen LogP contribution is 2.41. The zero-order valence-electron chi connectivity index (χ0n) is 18.0. The number of imide groups is 1. The van der Waals surface area contributed by atoms with Crippen molar-refractivity contribution in [3.63, 3.8) is 0 Å². The Morgan fingerprint density at radius 2 is 1.84 bits per heavy atom. The van der Waals surface area contributed by atoms with Gasteiger partial charge in [-0.25, -0.2) is 9.78 Å². The van der Waals surface area contributed by atoms with Gasteiger partial charge in [-0.05, 0) is 37.0 Å². The molecule has 0 saturated carbocycles. The summed E-state index contributed by atoms with van der Waals surface area (Å²) < 4.78 is 2.06. The number of hydrogen-bond acceptors (Lipinski definition) is 4. The summed E-state index contributed by atoms with van der Waals surface area (Å²) in [5, 5.41) is 2.46. The molecule has 5 rings (SSSR count). The van der Waals surface area contributed by atoms with Crippen LogP contribution in [-0.2, 0) is 15.0 Å². The lowest BCUT2D eigenvalue weighted by Gasteiger charge is -2.41. The summed E-state index contributed by atoms with van der Waals surface area (Å²) in [5.74, 6) is -0.568. The molecule has 1 N–H and O–H groups in total. The van der Waals surface area contributed by atoms with Gasteiger partial charge in [0.2, 0.25) is 5.91 Å². The molecule has 2 aliphatic heterocycles. The number of amides is 4. The molecule has 0 atom stereocenters. The molecular weight excluding hydrogens is 406 g/mol. The number of carbonyl (C=O) groups is 3. The molecule has 4 amide bonds. The predicted molar refractivity (Wildman–Crippen MR) is 118 cm³/mol. The number of urea groups is 1. The number of pyridine rings is 1. The first kappa shape index (κ1) is 20.2. The third-order valence-electron chi connectivity index (χ3n) is 6.69. The lowest BCUT2D eigenvalue weighted by molar-refractivity contribution is -0.137. The molecule has 8 heteroatoms. The number of imidazole rings is 1. The maximum atomic E-state index is 12.8. The Morgan fingerprint density at radius 1 is 1.09 bits per heavy atom. The van der Waals surface area contributed by atoms with Gasteiger partial charge in [-0.1, -0.05) is 36.4 Å². The van der Waals surface area contributed by atoms with Gasteiger partial charge in [0.15, 0.2) is 0 Å². The van der Waals surface area contributed by atoms with Crippen LogP contribution in [0.15, 0.2) is 54.9 Å². The molecule has 164 valence electrons. The van der Waals surface area contributed by atoms with Crippen molar-refractivity contribution >= 4 is 23.5 Å². The normalized spacial score (nSPS) is 18.3. The van der Waals surface area contributed by atoms with Crippen molar-refractivity contribution in [1.82, 2.24) is 24.5 Å². The number of piperidine rings is 1. The van der Waals surface area contributed by atoms with Gasteiger partial charge in [0.1, 0.15) is 12.2 Å². The third-order valence-corrected chi connectivity index (χ3v) is 6.69. The molecule has 2 aromatic heterocycles. The van der Waals surface area contributed by atoms with Crippen molar-refractivity contribution < 1.29 is 14.4 Å². The number of benzene rings is 1. The van der Waals surface area contributed by atoms with E-state index in [0.29, 0.717) is 25.9 Å². The lowest BCUT2D eigenvalue weighted by atomic mass is 9.70. The van der Waals surface area contributed by atoms with Crippen molar-refractivity contribution in [3.05, 3.63) is 71.7 Å². The van der Waals surface area contributed by atoms with E-state index in [1.807, 2.05) is 30.5 Å². The Labute approximate surface area is 185 Å². The average Bonchev–Trinajstić information content (AvgIpc) is 3.40. The number of aromatic nitrogens is 2. The summed E-state index contributed by atoms with van der Waals surface area (Å²) in [4.78, 5) is 44.3. The van der Waals surface area contributed by atoms with Crippen molar-refractivity contribution in [2.45, 2.75) is 25.2 Å². The number of aryl methyl sites for hydroxylation is 1. The van der Waals surface area contributed by atoms with Crippen LogP contribution in [0.1, 0.15) is 29.7 Å². The lowest BCUT2D eigenvalue weighted by Crippen LogP contribution is -2.49. The zero-order chi connectivity index (χ0) is 22.3. The number of likely N-dealkylation sites (tertiary alicyclic amines) is 1. The van der Waals surface area contributed by atoms with E-state index >= 15 is 0 Å². The Hall–Kier alpha value is -3.68. The van der Waals surface area contributed by atoms with E-state index in [1.165, 1.54) is 5.56 Å². The Morgan fingerprint density at radius 3 is 2.50 bits per heavy atom. The van der Waals surface area contributed by atoms with Crippen LogP contribution in [0.2, 0.25) is 0 Å². The minimum atomic E-state index is -0.501. The largest absolute Gasteiger partial charge is 0.341 e. The van der Waals surface area contributed by atoms with E-state index in [4.69, 9.17) is 4.98 Å². The van der Waals surface area contributed by atoms with Crippen LogP contribution in [0.25, 0.3) is 5.65 Å². The molecule has 8 nitrogen and oxygen atoms in total. The van der Waals surface area contributed by atoms with E-state index in [1.54, 1.807) is 4.90 Å². The highest BCUT2D eigenvalue weighted by atomic mass is 16.2. The number of rotatable bonds is 4. The van der Waals surface area contributed by atoms with Gasteiger partial charge in [-0.3, -0.25) is 14.5 Å². The summed E-state index contributed by atoms with van der Waals surface area (Å²) >= 11 is 0. The van der Waals surface area contributed by atoms with E-state index in [9.17, 15) is 14.4 Å². The molecule has 2 fully saturated rings.